The molecule has 154 valence electrons. The highest BCUT2D eigenvalue weighted by Gasteiger charge is 2.29. The number of nitrogens with one attached hydrogen (secondary N) is 2. The normalized spacial score (nSPS) is 12.0. The predicted octanol–water partition coefficient (Wildman–Crippen LogP) is 2.70. The first kappa shape index (κ1) is 22.2. The number of carbonyl (C=O) groups excluding carboxylic acids is 2. The number of hydrogen-bond donors (Lipinski definition) is 2. The van der Waals surface area contributed by atoms with Gasteiger partial charge in [0, 0.05) is 6.54 Å². The van der Waals surface area contributed by atoms with Gasteiger partial charge < -0.3 is 10.6 Å². The second-order valence-electron chi connectivity index (χ2n) is 6.60. The Morgan fingerprint density at radius 2 is 1.76 bits per heavy atom. The summed E-state index contributed by atoms with van der Waals surface area (Å²) in [6.45, 7) is 7.22. The lowest BCUT2D eigenvalue weighted by atomic mass is 10.1. The fraction of sp³-hybridized carbons (Fsp3) is 0.238. The minimum atomic E-state index is -3.72. The summed E-state index contributed by atoms with van der Waals surface area (Å²) in [6.07, 6.45) is 2.60. The van der Waals surface area contributed by atoms with E-state index in [4.69, 9.17) is 0 Å². The summed E-state index contributed by atoms with van der Waals surface area (Å²) in [5.74, 6) is -0.924. The maximum Gasteiger partial charge on any atom is 0.253 e. The van der Waals surface area contributed by atoms with Crippen LogP contribution in [0.2, 0.25) is 0 Å². The van der Waals surface area contributed by atoms with Gasteiger partial charge >= 0.3 is 0 Å². The minimum absolute atomic E-state index is 0.274. The van der Waals surface area contributed by atoms with Gasteiger partial charge in [0.05, 0.1) is 23.2 Å². The highest BCUT2D eigenvalue weighted by molar-refractivity contribution is 7.92. The van der Waals surface area contributed by atoms with Crippen molar-refractivity contribution in [3.05, 3.63) is 72.3 Å². The van der Waals surface area contributed by atoms with Crippen molar-refractivity contribution in [3.8, 4) is 0 Å². The molecule has 0 aromatic heterocycles. The average Bonchev–Trinajstić information content (AvgIpc) is 2.67. The molecule has 8 heteroatoms. The Kier molecular flexibility index (Phi) is 7.17. The number of benzene rings is 2. The Balaban J connectivity index is 2.30. The van der Waals surface area contributed by atoms with E-state index in [9.17, 15) is 18.0 Å². The molecule has 2 aromatic rings. The van der Waals surface area contributed by atoms with Gasteiger partial charge in [-0.2, -0.15) is 0 Å². The Bertz CT molecular complexity index is 1000. The molecular weight excluding hydrogens is 390 g/mol. The van der Waals surface area contributed by atoms with Crippen LogP contribution in [0.4, 0.5) is 11.4 Å². The van der Waals surface area contributed by atoms with Crippen molar-refractivity contribution in [3.63, 3.8) is 0 Å². The van der Waals surface area contributed by atoms with Gasteiger partial charge in [-0.1, -0.05) is 35.9 Å². The highest BCUT2D eigenvalue weighted by atomic mass is 32.2. The van der Waals surface area contributed by atoms with Crippen molar-refractivity contribution in [1.29, 1.82) is 0 Å². The van der Waals surface area contributed by atoms with Crippen LogP contribution in [0.5, 0.6) is 0 Å². The maximum absolute atomic E-state index is 12.9. The summed E-state index contributed by atoms with van der Waals surface area (Å²) in [5.41, 5.74) is 1.93. The van der Waals surface area contributed by atoms with Gasteiger partial charge in [0.25, 0.3) is 5.91 Å². The van der Waals surface area contributed by atoms with Crippen LogP contribution in [0.25, 0.3) is 0 Å². The van der Waals surface area contributed by atoms with Crippen LogP contribution in [0.3, 0.4) is 0 Å². The number of aryl methyl sites for hydroxylation is 1. The van der Waals surface area contributed by atoms with Crippen molar-refractivity contribution >= 4 is 33.2 Å². The van der Waals surface area contributed by atoms with Crippen LogP contribution in [-0.4, -0.2) is 39.1 Å². The molecule has 0 aliphatic rings. The lowest BCUT2D eigenvalue weighted by Crippen LogP contribution is -2.45. The van der Waals surface area contributed by atoms with E-state index in [-0.39, 0.29) is 18.0 Å². The molecule has 2 rings (SSSR count). The number of sulfonamides is 1. The van der Waals surface area contributed by atoms with Gasteiger partial charge in [0.1, 0.15) is 6.04 Å². The molecule has 0 heterocycles. The second kappa shape index (κ2) is 9.38. The molecule has 0 aliphatic carbocycles. The van der Waals surface area contributed by atoms with E-state index in [0.29, 0.717) is 11.4 Å². The summed E-state index contributed by atoms with van der Waals surface area (Å²) in [6, 6.07) is 12.3. The molecule has 0 saturated carbocycles. The van der Waals surface area contributed by atoms with Crippen molar-refractivity contribution in [2.24, 2.45) is 0 Å². The van der Waals surface area contributed by atoms with Crippen molar-refractivity contribution in [2.45, 2.75) is 19.9 Å². The molecule has 0 bridgehead atoms. The van der Waals surface area contributed by atoms with Crippen LogP contribution >= 0.6 is 0 Å². The lowest BCUT2D eigenvalue weighted by Gasteiger charge is -2.28. The van der Waals surface area contributed by atoms with E-state index in [1.807, 2.05) is 6.92 Å². The standard InChI is InChI=1S/C21H25N3O4S/c1-5-14-22-21(26)18-8-6-7-9-19(18)23-20(25)16(3)24(29(4,27)28)17-12-10-15(2)11-13-17/h5-13,16H,1,14H2,2-4H3,(H,22,26)(H,23,25)/t16-/m0/s1. The summed E-state index contributed by atoms with van der Waals surface area (Å²) in [5, 5.41) is 5.32. The van der Waals surface area contributed by atoms with Gasteiger partial charge in [-0.15, -0.1) is 6.58 Å². The number of rotatable bonds is 8. The van der Waals surface area contributed by atoms with Gasteiger partial charge in [0.15, 0.2) is 0 Å². The molecule has 1 atom stereocenters. The third-order valence-electron chi connectivity index (χ3n) is 4.21. The van der Waals surface area contributed by atoms with Gasteiger partial charge in [-0.25, -0.2) is 8.42 Å². The number of para-hydroxylation sites is 1. The zero-order valence-corrected chi connectivity index (χ0v) is 17.5. The Morgan fingerprint density at radius 1 is 1.14 bits per heavy atom. The first-order valence-electron chi connectivity index (χ1n) is 9.00. The zero-order chi connectivity index (χ0) is 21.6. The van der Waals surface area contributed by atoms with E-state index in [1.54, 1.807) is 54.6 Å². The van der Waals surface area contributed by atoms with E-state index in [0.717, 1.165) is 16.1 Å². The summed E-state index contributed by atoms with van der Waals surface area (Å²) in [4.78, 5) is 25.2. The van der Waals surface area contributed by atoms with Crippen molar-refractivity contribution in [1.82, 2.24) is 5.32 Å². The van der Waals surface area contributed by atoms with E-state index in [2.05, 4.69) is 17.2 Å². The molecule has 7 nitrogen and oxygen atoms in total. The SMILES string of the molecule is C=CCNC(=O)c1ccccc1NC(=O)[C@H](C)N(c1ccc(C)cc1)S(C)(=O)=O. The number of anilines is 2. The van der Waals surface area contributed by atoms with Crippen LogP contribution in [0.15, 0.2) is 61.2 Å². The maximum atomic E-state index is 12.9. The van der Waals surface area contributed by atoms with Crippen molar-refractivity contribution < 1.29 is 18.0 Å². The van der Waals surface area contributed by atoms with Gasteiger partial charge in [0.2, 0.25) is 15.9 Å². The molecule has 2 amide bonds. The predicted molar refractivity (Wildman–Crippen MR) is 116 cm³/mol. The molecule has 0 fully saturated rings. The molecular formula is C21H25N3O4S. The van der Waals surface area contributed by atoms with Crippen LogP contribution in [-0.2, 0) is 14.8 Å². The van der Waals surface area contributed by atoms with Gasteiger partial charge in [-0.05, 0) is 38.1 Å². The third kappa shape index (κ3) is 5.68. The quantitative estimate of drug-likeness (QED) is 0.648. The number of nitrogens with zero attached hydrogens (tertiary/aromatic N) is 1. The first-order valence-corrected chi connectivity index (χ1v) is 10.8. The monoisotopic (exact) mass is 415 g/mol. The van der Waals surface area contributed by atoms with E-state index in [1.165, 1.54) is 6.92 Å². The first-order chi connectivity index (χ1) is 13.6. The summed E-state index contributed by atoms with van der Waals surface area (Å²) >= 11 is 0. The van der Waals surface area contributed by atoms with Crippen LogP contribution in [0.1, 0.15) is 22.8 Å². The number of amides is 2. The van der Waals surface area contributed by atoms with Gasteiger partial charge in [-0.3, -0.25) is 13.9 Å². The number of hydrogen-bond acceptors (Lipinski definition) is 4. The largest absolute Gasteiger partial charge is 0.349 e. The highest BCUT2D eigenvalue weighted by Crippen LogP contribution is 2.23. The fourth-order valence-electron chi connectivity index (χ4n) is 2.79. The molecule has 0 unspecified atom stereocenters. The molecule has 2 aromatic carbocycles. The summed E-state index contributed by atoms with van der Waals surface area (Å²) < 4.78 is 25.8. The van der Waals surface area contributed by atoms with Crippen LogP contribution in [0, 0.1) is 6.92 Å². The molecule has 0 radical (unpaired) electrons. The molecule has 0 aliphatic heterocycles. The smallest absolute Gasteiger partial charge is 0.253 e. The summed E-state index contributed by atoms with van der Waals surface area (Å²) in [7, 11) is -3.72. The third-order valence-corrected chi connectivity index (χ3v) is 5.46. The molecule has 2 N–H and O–H groups in total. The topological polar surface area (TPSA) is 95.6 Å². The minimum Gasteiger partial charge on any atom is -0.349 e. The average molecular weight is 416 g/mol. The lowest BCUT2D eigenvalue weighted by molar-refractivity contribution is -0.116. The fourth-order valence-corrected chi connectivity index (χ4v) is 3.96. The zero-order valence-electron chi connectivity index (χ0n) is 16.7. The van der Waals surface area contributed by atoms with E-state index < -0.39 is 22.0 Å². The Morgan fingerprint density at radius 3 is 2.34 bits per heavy atom. The second-order valence-corrected chi connectivity index (χ2v) is 8.46. The Labute approximate surface area is 171 Å². The molecule has 0 saturated heterocycles. The van der Waals surface area contributed by atoms with E-state index >= 15 is 0 Å². The van der Waals surface area contributed by atoms with Crippen molar-refractivity contribution in [2.75, 3.05) is 22.4 Å². The van der Waals surface area contributed by atoms with Crippen LogP contribution < -0.4 is 14.9 Å². The Hall–Kier alpha value is -3.13. The molecule has 0 spiro atoms. The number of carbonyl (C=O) groups is 2. The molecule has 29 heavy (non-hydrogen) atoms.